The number of ether oxygens (including phenoxy) is 1. The molecule has 1 fully saturated rings. The van der Waals surface area contributed by atoms with Crippen molar-refractivity contribution in [1.29, 1.82) is 0 Å². The third-order valence-electron chi connectivity index (χ3n) is 3.84. The lowest BCUT2D eigenvalue weighted by atomic mass is 9.85. The van der Waals surface area contributed by atoms with E-state index in [-0.39, 0.29) is 22.1 Å². The molecular formula is C14H19NO5S. The van der Waals surface area contributed by atoms with Gasteiger partial charge in [-0.05, 0) is 31.4 Å². The maximum Gasteiger partial charge on any atom is 0.339 e. The minimum atomic E-state index is -4.41. The Morgan fingerprint density at radius 3 is 2.48 bits per heavy atom. The number of pyridine rings is 1. The van der Waals surface area contributed by atoms with Gasteiger partial charge in [0.05, 0.1) is 18.4 Å². The zero-order valence-corrected chi connectivity index (χ0v) is 12.9. The molecule has 1 N–H and O–H groups in total. The summed E-state index contributed by atoms with van der Waals surface area (Å²) in [7, 11) is -3.13. The van der Waals surface area contributed by atoms with E-state index >= 15 is 0 Å². The summed E-state index contributed by atoms with van der Waals surface area (Å²) in [5, 5.41) is -0.379. The Morgan fingerprint density at radius 2 is 1.95 bits per heavy atom. The molecule has 0 aromatic carbocycles. The minimum absolute atomic E-state index is 0.0222. The first-order valence-electron chi connectivity index (χ1n) is 6.92. The molecule has 0 radical (unpaired) electrons. The van der Waals surface area contributed by atoms with Crippen molar-refractivity contribution in [3.63, 3.8) is 0 Å². The first-order valence-corrected chi connectivity index (χ1v) is 8.36. The fourth-order valence-electron chi connectivity index (χ4n) is 2.83. The number of carbonyl (C=O) groups excluding carboxylic acids is 1. The van der Waals surface area contributed by atoms with Crippen molar-refractivity contribution in [2.75, 3.05) is 7.11 Å². The maximum atomic E-state index is 11.9. The lowest BCUT2D eigenvalue weighted by Crippen LogP contribution is -2.17. The largest absolute Gasteiger partial charge is 0.465 e. The van der Waals surface area contributed by atoms with E-state index in [1.807, 2.05) is 0 Å². The molecule has 0 bridgehead atoms. The molecule has 0 saturated heterocycles. The Labute approximate surface area is 124 Å². The third kappa shape index (κ3) is 3.41. The van der Waals surface area contributed by atoms with Crippen molar-refractivity contribution >= 4 is 16.1 Å². The van der Waals surface area contributed by atoms with Crippen LogP contribution in [0.5, 0.6) is 0 Å². The number of methoxy groups -OCH3 is 1. The molecule has 7 heteroatoms. The summed E-state index contributed by atoms with van der Waals surface area (Å²) >= 11 is 0. The van der Waals surface area contributed by atoms with Crippen LogP contribution in [0.4, 0.5) is 0 Å². The van der Waals surface area contributed by atoms with E-state index in [1.165, 1.54) is 20.1 Å². The summed E-state index contributed by atoms with van der Waals surface area (Å²) in [4.78, 5) is 16.0. The molecule has 1 aliphatic rings. The number of esters is 1. The van der Waals surface area contributed by atoms with Gasteiger partial charge in [0, 0.05) is 5.92 Å². The molecule has 0 aliphatic heterocycles. The van der Waals surface area contributed by atoms with E-state index in [2.05, 4.69) is 4.98 Å². The van der Waals surface area contributed by atoms with Crippen LogP contribution in [0.1, 0.15) is 59.6 Å². The number of aromatic nitrogens is 1. The number of hydrogen-bond acceptors (Lipinski definition) is 5. The molecule has 1 heterocycles. The second-order valence-corrected chi connectivity index (χ2v) is 6.68. The quantitative estimate of drug-likeness (QED) is 0.680. The number of carbonyl (C=O) groups is 1. The Morgan fingerprint density at radius 1 is 1.33 bits per heavy atom. The first kappa shape index (κ1) is 15.9. The molecule has 0 atom stereocenters. The van der Waals surface area contributed by atoms with Gasteiger partial charge in [0.15, 0.2) is 5.03 Å². The Bertz CT molecular complexity index is 648. The van der Waals surface area contributed by atoms with Gasteiger partial charge >= 0.3 is 16.1 Å². The van der Waals surface area contributed by atoms with Crippen LogP contribution in [0.2, 0.25) is 0 Å². The summed E-state index contributed by atoms with van der Waals surface area (Å²) in [6.07, 6.45) is 4.86. The predicted octanol–water partition coefficient (Wildman–Crippen LogP) is 2.47. The molecular weight excluding hydrogens is 294 g/mol. The van der Waals surface area contributed by atoms with E-state index in [0.29, 0.717) is 5.69 Å². The Hall–Kier alpha value is -1.47. The van der Waals surface area contributed by atoms with Crippen LogP contribution in [0.25, 0.3) is 0 Å². The van der Waals surface area contributed by atoms with Gasteiger partial charge < -0.3 is 4.74 Å². The van der Waals surface area contributed by atoms with Crippen molar-refractivity contribution in [3.8, 4) is 0 Å². The summed E-state index contributed by atoms with van der Waals surface area (Å²) in [5.41, 5.74) is 0.937. The van der Waals surface area contributed by atoms with Crippen LogP contribution in [0, 0.1) is 6.92 Å². The van der Waals surface area contributed by atoms with Crippen LogP contribution in [-0.2, 0) is 14.9 Å². The summed E-state index contributed by atoms with van der Waals surface area (Å²) in [6, 6.07) is 1.44. The van der Waals surface area contributed by atoms with E-state index in [4.69, 9.17) is 4.74 Å². The number of rotatable bonds is 3. The molecule has 1 aliphatic carbocycles. The third-order valence-corrected chi connectivity index (χ3v) is 4.74. The molecule has 1 aromatic heterocycles. The SMILES string of the molecule is COC(=O)c1cc(C)c(S(=O)(=O)O)nc1C1CCCCC1. The number of aryl methyl sites for hydroxylation is 1. The summed E-state index contributed by atoms with van der Waals surface area (Å²) in [6.45, 7) is 1.49. The zero-order valence-electron chi connectivity index (χ0n) is 12.1. The molecule has 6 nitrogen and oxygen atoms in total. The lowest BCUT2D eigenvalue weighted by molar-refractivity contribution is 0.0597. The highest BCUT2D eigenvalue weighted by molar-refractivity contribution is 7.85. The van der Waals surface area contributed by atoms with E-state index in [9.17, 15) is 17.8 Å². The van der Waals surface area contributed by atoms with Gasteiger partial charge in [-0.15, -0.1) is 0 Å². The summed E-state index contributed by atoms with van der Waals surface area (Å²) < 4.78 is 36.9. The molecule has 116 valence electrons. The lowest BCUT2D eigenvalue weighted by Gasteiger charge is -2.23. The number of nitrogens with zero attached hydrogens (tertiary/aromatic N) is 1. The Balaban J connectivity index is 2.59. The standard InChI is InChI=1S/C14H19NO5S/c1-9-8-11(14(16)20-2)12(10-6-4-3-5-7-10)15-13(9)21(17,18)19/h8,10H,3-7H2,1-2H3,(H,17,18,19). The Kier molecular flexibility index (Phi) is 4.63. The molecule has 0 amide bonds. The number of hydrogen-bond donors (Lipinski definition) is 1. The van der Waals surface area contributed by atoms with Crippen molar-refractivity contribution < 1.29 is 22.5 Å². The topological polar surface area (TPSA) is 93.6 Å². The van der Waals surface area contributed by atoms with E-state index in [1.54, 1.807) is 0 Å². The summed E-state index contributed by atoms with van der Waals surface area (Å²) in [5.74, 6) is -0.512. The molecule has 2 rings (SSSR count). The van der Waals surface area contributed by atoms with Crippen LogP contribution < -0.4 is 0 Å². The average Bonchev–Trinajstić information content (AvgIpc) is 2.45. The van der Waals surface area contributed by atoms with Gasteiger partial charge in [0.2, 0.25) is 0 Å². The van der Waals surface area contributed by atoms with Crippen molar-refractivity contribution in [3.05, 3.63) is 22.9 Å². The highest BCUT2D eigenvalue weighted by Gasteiger charge is 2.27. The van der Waals surface area contributed by atoms with Crippen molar-refractivity contribution in [1.82, 2.24) is 4.98 Å². The van der Waals surface area contributed by atoms with Crippen LogP contribution in [0.15, 0.2) is 11.1 Å². The fourth-order valence-corrected chi connectivity index (χ4v) is 3.51. The second kappa shape index (κ2) is 6.11. The van der Waals surface area contributed by atoms with Gasteiger partial charge in [0.1, 0.15) is 0 Å². The van der Waals surface area contributed by atoms with Gasteiger partial charge in [-0.25, -0.2) is 9.78 Å². The molecule has 1 saturated carbocycles. The van der Waals surface area contributed by atoms with Crippen LogP contribution in [0.3, 0.4) is 0 Å². The van der Waals surface area contributed by atoms with Crippen LogP contribution in [-0.4, -0.2) is 31.0 Å². The van der Waals surface area contributed by atoms with Crippen LogP contribution >= 0.6 is 0 Å². The normalized spacial score (nSPS) is 16.7. The average molecular weight is 313 g/mol. The fraction of sp³-hybridized carbons (Fsp3) is 0.571. The predicted molar refractivity (Wildman–Crippen MR) is 76.0 cm³/mol. The molecule has 1 aromatic rings. The van der Waals surface area contributed by atoms with Gasteiger partial charge in [-0.3, -0.25) is 4.55 Å². The zero-order chi connectivity index (χ0) is 15.6. The first-order chi connectivity index (χ1) is 9.84. The van der Waals surface area contributed by atoms with E-state index < -0.39 is 16.1 Å². The second-order valence-electron chi connectivity index (χ2n) is 5.34. The van der Waals surface area contributed by atoms with Crippen molar-refractivity contribution in [2.45, 2.75) is 50.0 Å². The van der Waals surface area contributed by atoms with Gasteiger partial charge in [0.25, 0.3) is 0 Å². The smallest absolute Gasteiger partial charge is 0.339 e. The highest BCUT2D eigenvalue weighted by atomic mass is 32.2. The molecule has 0 spiro atoms. The monoisotopic (exact) mass is 313 g/mol. The molecule has 21 heavy (non-hydrogen) atoms. The maximum absolute atomic E-state index is 11.9. The van der Waals surface area contributed by atoms with E-state index in [0.717, 1.165) is 32.1 Å². The minimum Gasteiger partial charge on any atom is -0.465 e. The van der Waals surface area contributed by atoms with Gasteiger partial charge in [-0.1, -0.05) is 19.3 Å². The van der Waals surface area contributed by atoms with Gasteiger partial charge in [-0.2, -0.15) is 8.42 Å². The van der Waals surface area contributed by atoms with Crippen molar-refractivity contribution in [2.24, 2.45) is 0 Å². The highest BCUT2D eigenvalue weighted by Crippen LogP contribution is 2.34. The molecule has 0 unspecified atom stereocenters.